The normalized spacial score (nSPS) is 12.8. The Bertz CT molecular complexity index is 270. The van der Waals surface area contributed by atoms with Gasteiger partial charge in [-0.3, -0.25) is 0 Å². The van der Waals surface area contributed by atoms with E-state index < -0.39 is 0 Å². The molecule has 1 aromatic heterocycles. The molecule has 1 nitrogen and oxygen atoms in total. The van der Waals surface area contributed by atoms with Gasteiger partial charge in [-0.2, -0.15) is 0 Å². The Hall–Kier alpha value is -0.310. The quantitative estimate of drug-likeness (QED) is 0.588. The average molecular weight is 216 g/mol. The summed E-state index contributed by atoms with van der Waals surface area (Å²) in [4.78, 5) is 1.10. The van der Waals surface area contributed by atoms with Crippen LogP contribution in [0.15, 0.2) is 24.1 Å². The lowest BCUT2D eigenvalue weighted by Gasteiger charge is -2.08. The summed E-state index contributed by atoms with van der Waals surface area (Å²) in [5.41, 5.74) is 5.97. The SMILES string of the molecule is C=CCCCC(N)c1sccc1Cl. The Balaban J connectivity index is 2.44. The predicted octanol–water partition coefficient (Wildman–Crippen LogP) is 3.76. The zero-order valence-corrected chi connectivity index (χ0v) is 9.07. The van der Waals surface area contributed by atoms with Gasteiger partial charge in [-0.15, -0.1) is 17.9 Å². The van der Waals surface area contributed by atoms with Crippen molar-refractivity contribution in [2.24, 2.45) is 5.73 Å². The van der Waals surface area contributed by atoms with Crippen molar-refractivity contribution in [3.63, 3.8) is 0 Å². The van der Waals surface area contributed by atoms with Crippen LogP contribution in [0.2, 0.25) is 5.02 Å². The molecule has 0 saturated heterocycles. The average Bonchev–Trinajstić information content (AvgIpc) is 2.52. The summed E-state index contributed by atoms with van der Waals surface area (Å²) < 4.78 is 0. The van der Waals surface area contributed by atoms with Crippen LogP contribution in [0, 0.1) is 0 Å². The van der Waals surface area contributed by atoms with Crippen LogP contribution < -0.4 is 5.73 Å². The van der Waals surface area contributed by atoms with Crippen LogP contribution in [0.5, 0.6) is 0 Å². The highest BCUT2D eigenvalue weighted by molar-refractivity contribution is 7.10. The minimum atomic E-state index is 0.0902. The van der Waals surface area contributed by atoms with Crippen LogP contribution in [0.4, 0.5) is 0 Å². The second-order valence-corrected chi connectivity index (χ2v) is 4.31. The summed E-state index contributed by atoms with van der Waals surface area (Å²) in [7, 11) is 0. The fourth-order valence-corrected chi connectivity index (χ4v) is 2.42. The second kappa shape index (κ2) is 5.43. The first-order chi connectivity index (χ1) is 6.25. The van der Waals surface area contributed by atoms with Gasteiger partial charge in [0.25, 0.3) is 0 Å². The maximum Gasteiger partial charge on any atom is 0.0561 e. The molecule has 0 aliphatic heterocycles. The zero-order valence-electron chi connectivity index (χ0n) is 7.50. The topological polar surface area (TPSA) is 26.0 Å². The molecule has 72 valence electrons. The zero-order chi connectivity index (χ0) is 9.68. The van der Waals surface area contributed by atoms with Gasteiger partial charge in [-0.05, 0) is 30.7 Å². The van der Waals surface area contributed by atoms with Crippen molar-refractivity contribution >= 4 is 22.9 Å². The van der Waals surface area contributed by atoms with Crippen molar-refractivity contribution in [3.8, 4) is 0 Å². The first kappa shape index (κ1) is 10.8. The molecule has 0 bridgehead atoms. The molecule has 0 saturated carbocycles. The van der Waals surface area contributed by atoms with Crippen molar-refractivity contribution < 1.29 is 0 Å². The maximum atomic E-state index is 5.97. The highest BCUT2D eigenvalue weighted by Gasteiger charge is 2.10. The second-order valence-electron chi connectivity index (χ2n) is 2.96. The molecule has 0 aliphatic rings. The van der Waals surface area contributed by atoms with E-state index in [-0.39, 0.29) is 6.04 Å². The number of thiophene rings is 1. The van der Waals surface area contributed by atoms with Crippen molar-refractivity contribution in [2.45, 2.75) is 25.3 Å². The van der Waals surface area contributed by atoms with E-state index in [0.29, 0.717) is 0 Å². The lowest BCUT2D eigenvalue weighted by Crippen LogP contribution is -2.08. The van der Waals surface area contributed by atoms with E-state index in [2.05, 4.69) is 6.58 Å². The minimum Gasteiger partial charge on any atom is -0.323 e. The van der Waals surface area contributed by atoms with E-state index in [1.807, 2.05) is 17.5 Å². The van der Waals surface area contributed by atoms with E-state index in [1.165, 1.54) is 0 Å². The fourth-order valence-electron chi connectivity index (χ4n) is 1.18. The van der Waals surface area contributed by atoms with Crippen LogP contribution >= 0.6 is 22.9 Å². The van der Waals surface area contributed by atoms with Gasteiger partial charge in [-0.25, -0.2) is 0 Å². The number of nitrogens with two attached hydrogens (primary N) is 1. The summed E-state index contributed by atoms with van der Waals surface area (Å²) in [5, 5.41) is 2.78. The lowest BCUT2D eigenvalue weighted by atomic mass is 10.1. The Kier molecular flexibility index (Phi) is 4.50. The molecule has 0 aliphatic carbocycles. The minimum absolute atomic E-state index is 0.0902. The van der Waals surface area contributed by atoms with E-state index in [0.717, 1.165) is 29.2 Å². The number of rotatable bonds is 5. The molecule has 2 N–H and O–H groups in total. The molecule has 13 heavy (non-hydrogen) atoms. The van der Waals surface area contributed by atoms with Gasteiger partial charge < -0.3 is 5.73 Å². The van der Waals surface area contributed by atoms with Crippen molar-refractivity contribution in [3.05, 3.63) is 34.0 Å². The van der Waals surface area contributed by atoms with Gasteiger partial charge in [0.15, 0.2) is 0 Å². The molecule has 0 spiro atoms. The van der Waals surface area contributed by atoms with Gasteiger partial charge >= 0.3 is 0 Å². The first-order valence-electron chi connectivity index (χ1n) is 4.35. The number of halogens is 1. The van der Waals surface area contributed by atoms with E-state index in [1.54, 1.807) is 11.3 Å². The van der Waals surface area contributed by atoms with Gasteiger partial charge in [0.2, 0.25) is 0 Å². The summed E-state index contributed by atoms with van der Waals surface area (Å²) >= 11 is 7.59. The van der Waals surface area contributed by atoms with Gasteiger partial charge in [0.1, 0.15) is 0 Å². The van der Waals surface area contributed by atoms with Crippen molar-refractivity contribution in [2.75, 3.05) is 0 Å². The van der Waals surface area contributed by atoms with Crippen LogP contribution in [0.25, 0.3) is 0 Å². The standard InChI is InChI=1S/C10H14ClNS/c1-2-3-4-5-9(12)10-8(11)6-7-13-10/h2,6-7,9H,1,3-5,12H2. The summed E-state index contributed by atoms with van der Waals surface area (Å²) in [6, 6.07) is 1.99. The van der Waals surface area contributed by atoms with E-state index in [9.17, 15) is 0 Å². The number of hydrogen-bond acceptors (Lipinski definition) is 2. The summed E-state index contributed by atoms with van der Waals surface area (Å²) in [6.07, 6.45) is 5.00. The molecule has 1 heterocycles. The third kappa shape index (κ3) is 3.14. The van der Waals surface area contributed by atoms with Crippen molar-refractivity contribution in [1.82, 2.24) is 0 Å². The van der Waals surface area contributed by atoms with Crippen LogP contribution in [-0.4, -0.2) is 0 Å². The van der Waals surface area contributed by atoms with Crippen LogP contribution in [0.3, 0.4) is 0 Å². The van der Waals surface area contributed by atoms with Gasteiger partial charge in [-0.1, -0.05) is 17.7 Å². The Labute approximate surface area is 88.2 Å². The first-order valence-corrected chi connectivity index (χ1v) is 5.61. The van der Waals surface area contributed by atoms with Crippen LogP contribution in [-0.2, 0) is 0 Å². The molecule has 1 unspecified atom stereocenters. The molecule has 0 amide bonds. The number of allylic oxidation sites excluding steroid dienone is 1. The van der Waals surface area contributed by atoms with E-state index in [4.69, 9.17) is 17.3 Å². The highest BCUT2D eigenvalue weighted by Crippen LogP contribution is 2.29. The monoisotopic (exact) mass is 215 g/mol. The van der Waals surface area contributed by atoms with Crippen LogP contribution in [0.1, 0.15) is 30.2 Å². The largest absolute Gasteiger partial charge is 0.323 e. The van der Waals surface area contributed by atoms with Gasteiger partial charge in [0, 0.05) is 10.9 Å². The molecule has 0 aromatic carbocycles. The van der Waals surface area contributed by atoms with Crippen molar-refractivity contribution in [1.29, 1.82) is 0 Å². The van der Waals surface area contributed by atoms with Gasteiger partial charge in [0.05, 0.1) is 5.02 Å². The summed E-state index contributed by atoms with van der Waals surface area (Å²) in [6.45, 7) is 3.67. The smallest absolute Gasteiger partial charge is 0.0561 e. The molecule has 0 fully saturated rings. The molecular formula is C10H14ClNS. The molecule has 0 radical (unpaired) electrons. The Morgan fingerprint density at radius 3 is 3.00 bits per heavy atom. The molecule has 1 rings (SSSR count). The number of hydrogen-bond donors (Lipinski definition) is 1. The molecule has 3 heteroatoms. The Morgan fingerprint density at radius 2 is 2.46 bits per heavy atom. The third-order valence-corrected chi connectivity index (χ3v) is 3.40. The number of unbranched alkanes of at least 4 members (excludes halogenated alkanes) is 1. The van der Waals surface area contributed by atoms with E-state index >= 15 is 0 Å². The lowest BCUT2D eigenvalue weighted by molar-refractivity contribution is 0.626. The Morgan fingerprint density at radius 1 is 1.69 bits per heavy atom. The highest BCUT2D eigenvalue weighted by atomic mass is 35.5. The fraction of sp³-hybridized carbons (Fsp3) is 0.400. The predicted molar refractivity (Wildman–Crippen MR) is 60.3 cm³/mol. The molecule has 1 aromatic rings. The maximum absolute atomic E-state index is 5.97. The third-order valence-electron chi connectivity index (χ3n) is 1.90. The molecular weight excluding hydrogens is 202 g/mol. The summed E-state index contributed by atoms with van der Waals surface area (Å²) in [5.74, 6) is 0. The molecule has 1 atom stereocenters.